The van der Waals surface area contributed by atoms with Crippen molar-refractivity contribution < 1.29 is 14.3 Å². The number of amides is 1. The van der Waals surface area contributed by atoms with Gasteiger partial charge in [0, 0.05) is 16.0 Å². The molecule has 0 saturated heterocycles. The fraction of sp³-hybridized carbons (Fsp3) is 0.385. The molecule has 1 aromatic rings. The monoisotopic (exact) mass is 301 g/mol. The van der Waals surface area contributed by atoms with E-state index in [0.29, 0.717) is 10.0 Å². The maximum absolute atomic E-state index is 11.8. The molecule has 1 aliphatic carbocycles. The topological polar surface area (TPSA) is 55.4 Å². The second-order valence-corrected chi connectivity index (χ2v) is 5.25. The minimum atomic E-state index is -0.463. The number of esters is 1. The third-order valence-corrected chi connectivity index (χ3v) is 3.69. The number of methoxy groups -OCH3 is 1. The van der Waals surface area contributed by atoms with E-state index in [1.54, 1.807) is 12.1 Å². The zero-order valence-electron chi connectivity index (χ0n) is 10.3. The highest BCUT2D eigenvalue weighted by molar-refractivity contribution is 6.35. The number of halogens is 2. The highest BCUT2D eigenvalue weighted by Crippen LogP contribution is 2.49. The van der Waals surface area contributed by atoms with Crippen LogP contribution in [0.1, 0.15) is 17.9 Å². The van der Waals surface area contributed by atoms with E-state index in [-0.39, 0.29) is 24.3 Å². The van der Waals surface area contributed by atoms with E-state index in [9.17, 15) is 9.59 Å². The second kappa shape index (κ2) is 5.80. The van der Waals surface area contributed by atoms with Gasteiger partial charge in [-0.1, -0.05) is 29.3 Å². The summed E-state index contributed by atoms with van der Waals surface area (Å²) in [6.45, 7) is -0.104. The number of hydrogen-bond donors (Lipinski definition) is 1. The van der Waals surface area contributed by atoms with Crippen LogP contribution in [-0.2, 0) is 14.3 Å². The van der Waals surface area contributed by atoms with Crippen molar-refractivity contribution >= 4 is 35.1 Å². The van der Waals surface area contributed by atoms with E-state index in [1.807, 2.05) is 6.07 Å². The minimum Gasteiger partial charge on any atom is -0.468 e. The van der Waals surface area contributed by atoms with Gasteiger partial charge in [0.25, 0.3) is 0 Å². The van der Waals surface area contributed by atoms with Crippen molar-refractivity contribution in [3.8, 4) is 0 Å². The Morgan fingerprint density at radius 2 is 2.16 bits per heavy atom. The molecule has 0 spiro atoms. The Hall–Kier alpha value is -1.26. The summed E-state index contributed by atoms with van der Waals surface area (Å²) in [6, 6.07) is 5.26. The van der Waals surface area contributed by atoms with Crippen molar-refractivity contribution in [3.63, 3.8) is 0 Å². The number of carbonyl (C=O) groups excluding carboxylic acids is 2. The smallest absolute Gasteiger partial charge is 0.325 e. The van der Waals surface area contributed by atoms with Gasteiger partial charge in [-0.3, -0.25) is 9.59 Å². The SMILES string of the molecule is COC(=O)CNC(=O)[C@@H]1C[C@@H]1c1ccc(Cl)cc1Cl. The lowest BCUT2D eigenvalue weighted by Gasteiger charge is -2.05. The molecule has 0 bridgehead atoms. The normalized spacial score (nSPS) is 20.8. The van der Waals surface area contributed by atoms with Gasteiger partial charge in [-0.2, -0.15) is 0 Å². The van der Waals surface area contributed by atoms with Crippen LogP contribution in [-0.4, -0.2) is 25.5 Å². The average Bonchev–Trinajstić information content (AvgIpc) is 3.15. The summed E-state index contributed by atoms with van der Waals surface area (Å²) in [6.07, 6.45) is 0.731. The maximum atomic E-state index is 11.8. The molecule has 6 heteroatoms. The zero-order valence-corrected chi connectivity index (χ0v) is 11.8. The summed E-state index contributed by atoms with van der Waals surface area (Å²) in [7, 11) is 1.28. The van der Waals surface area contributed by atoms with E-state index < -0.39 is 5.97 Å². The Bertz CT molecular complexity index is 519. The Morgan fingerprint density at radius 3 is 2.79 bits per heavy atom. The van der Waals surface area contributed by atoms with Gasteiger partial charge >= 0.3 is 5.97 Å². The second-order valence-electron chi connectivity index (χ2n) is 4.41. The molecule has 0 aromatic heterocycles. The quantitative estimate of drug-likeness (QED) is 0.869. The molecule has 2 rings (SSSR count). The molecule has 102 valence electrons. The highest BCUT2D eigenvalue weighted by atomic mass is 35.5. The van der Waals surface area contributed by atoms with Gasteiger partial charge in [0.05, 0.1) is 7.11 Å². The van der Waals surface area contributed by atoms with Gasteiger partial charge in [-0.15, -0.1) is 0 Å². The molecule has 19 heavy (non-hydrogen) atoms. The molecular weight excluding hydrogens is 289 g/mol. The van der Waals surface area contributed by atoms with Crippen LogP contribution >= 0.6 is 23.2 Å². The van der Waals surface area contributed by atoms with Crippen LogP contribution in [0.3, 0.4) is 0 Å². The van der Waals surface area contributed by atoms with Crippen LogP contribution in [0.4, 0.5) is 0 Å². The molecule has 0 radical (unpaired) electrons. The molecule has 1 N–H and O–H groups in total. The minimum absolute atomic E-state index is 0.0995. The van der Waals surface area contributed by atoms with Crippen LogP contribution in [0, 0.1) is 5.92 Å². The Labute approximate surface area is 121 Å². The predicted octanol–water partition coefficient (Wildman–Crippen LogP) is 2.39. The zero-order chi connectivity index (χ0) is 14.0. The lowest BCUT2D eigenvalue weighted by molar-refractivity contribution is -0.141. The molecule has 1 fully saturated rings. The first-order chi connectivity index (χ1) is 9.02. The molecule has 0 aliphatic heterocycles. The summed E-state index contributed by atoms with van der Waals surface area (Å²) < 4.78 is 4.46. The van der Waals surface area contributed by atoms with Crippen LogP contribution in [0.25, 0.3) is 0 Å². The van der Waals surface area contributed by atoms with Crippen LogP contribution < -0.4 is 5.32 Å². The van der Waals surface area contributed by atoms with Crippen molar-refractivity contribution in [3.05, 3.63) is 33.8 Å². The van der Waals surface area contributed by atoms with Crippen molar-refractivity contribution in [2.75, 3.05) is 13.7 Å². The van der Waals surface area contributed by atoms with E-state index >= 15 is 0 Å². The van der Waals surface area contributed by atoms with Gasteiger partial charge in [0.2, 0.25) is 5.91 Å². The summed E-state index contributed by atoms with van der Waals surface area (Å²) in [5.41, 5.74) is 0.921. The average molecular weight is 302 g/mol. The Balaban J connectivity index is 1.93. The molecule has 1 aliphatic rings. The first-order valence-electron chi connectivity index (χ1n) is 5.82. The third-order valence-electron chi connectivity index (χ3n) is 3.12. The molecule has 4 nitrogen and oxygen atoms in total. The van der Waals surface area contributed by atoms with E-state index in [1.165, 1.54) is 7.11 Å². The standard InChI is InChI=1S/C13H13Cl2NO3/c1-19-12(17)6-16-13(18)10-5-9(10)8-3-2-7(14)4-11(8)15/h2-4,9-10H,5-6H2,1H3,(H,16,18)/t9-,10-/m1/s1. The van der Waals surface area contributed by atoms with Gasteiger partial charge in [-0.25, -0.2) is 0 Å². The molecule has 2 atom stereocenters. The Kier molecular flexibility index (Phi) is 4.32. The van der Waals surface area contributed by atoms with Crippen LogP contribution in [0.15, 0.2) is 18.2 Å². The van der Waals surface area contributed by atoms with Crippen LogP contribution in [0.5, 0.6) is 0 Å². The summed E-state index contributed by atoms with van der Waals surface area (Å²) >= 11 is 11.9. The molecule has 1 amide bonds. The fourth-order valence-electron chi connectivity index (χ4n) is 1.99. The number of hydrogen-bond acceptors (Lipinski definition) is 3. The summed E-state index contributed by atoms with van der Waals surface area (Å²) in [5.74, 6) is -0.651. The number of carbonyl (C=O) groups is 2. The summed E-state index contributed by atoms with van der Waals surface area (Å²) in [5, 5.41) is 3.68. The lowest BCUT2D eigenvalue weighted by atomic mass is 10.1. The number of benzene rings is 1. The van der Waals surface area contributed by atoms with Gasteiger partial charge < -0.3 is 10.1 Å². The number of rotatable bonds is 4. The number of nitrogens with one attached hydrogen (secondary N) is 1. The maximum Gasteiger partial charge on any atom is 0.325 e. The van der Waals surface area contributed by atoms with Crippen LogP contribution in [0.2, 0.25) is 10.0 Å². The number of ether oxygens (including phenoxy) is 1. The first kappa shape index (κ1) is 14.2. The molecule has 0 heterocycles. The first-order valence-corrected chi connectivity index (χ1v) is 6.58. The van der Waals surface area contributed by atoms with Gasteiger partial charge in [0.1, 0.15) is 6.54 Å². The van der Waals surface area contributed by atoms with Crippen molar-refractivity contribution in [1.29, 1.82) is 0 Å². The highest BCUT2D eigenvalue weighted by Gasteiger charge is 2.44. The van der Waals surface area contributed by atoms with E-state index in [2.05, 4.69) is 10.1 Å². The lowest BCUT2D eigenvalue weighted by Crippen LogP contribution is -2.31. The molecular formula is C13H13Cl2NO3. The van der Waals surface area contributed by atoms with E-state index in [4.69, 9.17) is 23.2 Å². The van der Waals surface area contributed by atoms with Crippen molar-refractivity contribution in [2.24, 2.45) is 5.92 Å². The molecule has 1 saturated carbocycles. The largest absolute Gasteiger partial charge is 0.468 e. The van der Waals surface area contributed by atoms with Crippen molar-refractivity contribution in [1.82, 2.24) is 5.32 Å². The predicted molar refractivity (Wildman–Crippen MR) is 72.3 cm³/mol. The Morgan fingerprint density at radius 1 is 1.42 bits per heavy atom. The summed E-state index contributed by atoms with van der Waals surface area (Å²) in [4.78, 5) is 22.7. The van der Waals surface area contributed by atoms with Gasteiger partial charge in [0.15, 0.2) is 0 Å². The molecule has 1 aromatic carbocycles. The third kappa shape index (κ3) is 3.39. The van der Waals surface area contributed by atoms with Crippen molar-refractivity contribution in [2.45, 2.75) is 12.3 Å². The van der Waals surface area contributed by atoms with Gasteiger partial charge in [-0.05, 0) is 30.0 Å². The fourth-order valence-corrected chi connectivity index (χ4v) is 2.54. The molecule has 0 unspecified atom stereocenters. The van der Waals surface area contributed by atoms with E-state index in [0.717, 1.165) is 12.0 Å².